The molecule has 0 aromatic rings. The molecule has 13 heavy (non-hydrogen) atoms. The summed E-state index contributed by atoms with van der Waals surface area (Å²) in [7, 11) is 3.81. The van der Waals surface area contributed by atoms with Crippen molar-refractivity contribution < 1.29 is 13.2 Å². The Morgan fingerprint density at radius 2 is 2.00 bits per heavy atom. The Morgan fingerprint density at radius 1 is 1.38 bits per heavy atom. The molecule has 1 atom stereocenters. The number of rotatable bonds is 2. The minimum Gasteiger partial charge on any atom is -0.305 e. The van der Waals surface area contributed by atoms with Gasteiger partial charge in [0, 0.05) is 19.1 Å². The summed E-state index contributed by atoms with van der Waals surface area (Å²) < 4.78 is 35.9. The molecule has 1 unspecified atom stereocenters. The highest BCUT2D eigenvalue weighted by atomic mass is 19.4. The van der Waals surface area contributed by atoms with Crippen molar-refractivity contribution in [3.8, 4) is 0 Å². The van der Waals surface area contributed by atoms with Crippen LogP contribution in [0, 0.1) is 0 Å². The molecule has 1 heterocycles. The van der Waals surface area contributed by atoms with Crippen LogP contribution in [0.4, 0.5) is 13.2 Å². The van der Waals surface area contributed by atoms with Crippen LogP contribution in [-0.2, 0) is 0 Å². The van der Waals surface area contributed by atoms with E-state index in [-0.39, 0.29) is 6.04 Å². The Kier molecular flexibility index (Phi) is 3.18. The van der Waals surface area contributed by atoms with E-state index in [0.717, 1.165) is 6.42 Å². The molecule has 0 radical (unpaired) electrons. The fourth-order valence-corrected chi connectivity index (χ4v) is 1.63. The molecule has 5 heteroatoms. The molecular weight excluding hydrogens is 181 g/mol. The number of likely N-dealkylation sites (N-methyl/N-ethyl adjacent to an activating group) is 1. The molecule has 0 bridgehead atoms. The van der Waals surface area contributed by atoms with Crippen molar-refractivity contribution >= 4 is 0 Å². The first-order chi connectivity index (χ1) is 5.88. The lowest BCUT2D eigenvalue weighted by molar-refractivity contribution is -0.143. The second-order valence-electron chi connectivity index (χ2n) is 3.76. The van der Waals surface area contributed by atoms with E-state index in [4.69, 9.17) is 0 Å². The van der Waals surface area contributed by atoms with Crippen LogP contribution in [0.1, 0.15) is 6.42 Å². The van der Waals surface area contributed by atoms with E-state index >= 15 is 0 Å². The van der Waals surface area contributed by atoms with Crippen LogP contribution in [0.3, 0.4) is 0 Å². The largest absolute Gasteiger partial charge is 0.401 e. The first kappa shape index (κ1) is 10.8. The minimum absolute atomic E-state index is 0.280. The summed E-state index contributed by atoms with van der Waals surface area (Å²) in [5.74, 6) is 0. The van der Waals surface area contributed by atoms with Crippen molar-refractivity contribution in [1.82, 2.24) is 9.80 Å². The smallest absolute Gasteiger partial charge is 0.305 e. The lowest BCUT2D eigenvalue weighted by atomic mass is 10.2. The van der Waals surface area contributed by atoms with E-state index in [2.05, 4.69) is 0 Å². The molecule has 78 valence electrons. The van der Waals surface area contributed by atoms with Gasteiger partial charge >= 0.3 is 6.18 Å². The molecule has 1 rings (SSSR count). The quantitative estimate of drug-likeness (QED) is 0.654. The van der Waals surface area contributed by atoms with Crippen LogP contribution in [0.2, 0.25) is 0 Å². The molecule has 0 spiro atoms. The van der Waals surface area contributed by atoms with Crippen LogP contribution < -0.4 is 0 Å². The molecule has 0 aliphatic carbocycles. The van der Waals surface area contributed by atoms with Crippen molar-refractivity contribution in [2.75, 3.05) is 33.7 Å². The van der Waals surface area contributed by atoms with E-state index in [1.807, 2.05) is 19.0 Å². The summed E-state index contributed by atoms with van der Waals surface area (Å²) in [4.78, 5) is 3.45. The standard InChI is InChI=1S/C8H15F3N2/c1-12(2)7-3-4-13(5-7)6-8(9,10)11/h7H,3-6H2,1-2H3. The number of nitrogens with zero attached hydrogens (tertiary/aromatic N) is 2. The van der Waals surface area contributed by atoms with Crippen molar-refractivity contribution in [1.29, 1.82) is 0 Å². The van der Waals surface area contributed by atoms with Gasteiger partial charge in [-0.2, -0.15) is 13.2 Å². The lowest BCUT2D eigenvalue weighted by Gasteiger charge is -2.21. The van der Waals surface area contributed by atoms with Gasteiger partial charge in [0.2, 0.25) is 0 Å². The Hall–Kier alpha value is -0.290. The molecule has 1 fully saturated rings. The number of likely N-dealkylation sites (tertiary alicyclic amines) is 1. The Bertz CT molecular complexity index is 167. The van der Waals surface area contributed by atoms with Crippen LogP contribution >= 0.6 is 0 Å². The van der Waals surface area contributed by atoms with Crippen LogP contribution in [0.25, 0.3) is 0 Å². The highest BCUT2D eigenvalue weighted by molar-refractivity contribution is 4.81. The van der Waals surface area contributed by atoms with Crippen LogP contribution in [-0.4, -0.2) is 55.7 Å². The van der Waals surface area contributed by atoms with Crippen molar-refractivity contribution in [3.63, 3.8) is 0 Å². The average Bonchev–Trinajstić information content (AvgIpc) is 2.31. The maximum Gasteiger partial charge on any atom is 0.401 e. The molecule has 0 aromatic heterocycles. The van der Waals surface area contributed by atoms with Gasteiger partial charge in [0.15, 0.2) is 0 Å². The molecule has 2 nitrogen and oxygen atoms in total. The maximum atomic E-state index is 12.0. The normalized spacial score (nSPS) is 25.8. The summed E-state index contributed by atoms with van der Waals surface area (Å²) in [6.45, 7) is 0.326. The summed E-state index contributed by atoms with van der Waals surface area (Å²) in [5, 5.41) is 0. The van der Waals surface area contributed by atoms with Crippen LogP contribution in [0.5, 0.6) is 0 Å². The van der Waals surface area contributed by atoms with Gasteiger partial charge in [-0.1, -0.05) is 0 Å². The molecule has 1 aliphatic rings. The van der Waals surface area contributed by atoms with E-state index in [9.17, 15) is 13.2 Å². The van der Waals surface area contributed by atoms with Gasteiger partial charge in [-0.25, -0.2) is 0 Å². The SMILES string of the molecule is CN(C)C1CCN(CC(F)(F)F)C1. The zero-order valence-corrected chi connectivity index (χ0v) is 7.93. The maximum absolute atomic E-state index is 12.0. The first-order valence-electron chi connectivity index (χ1n) is 4.34. The number of hydrogen-bond donors (Lipinski definition) is 0. The summed E-state index contributed by atoms with van der Waals surface area (Å²) in [5.41, 5.74) is 0. The zero-order valence-electron chi connectivity index (χ0n) is 7.93. The summed E-state index contributed by atoms with van der Waals surface area (Å²) in [6.07, 6.45) is -3.22. The first-order valence-corrected chi connectivity index (χ1v) is 4.34. The number of alkyl halides is 3. The molecule has 0 aromatic carbocycles. The Morgan fingerprint density at radius 3 is 2.38 bits per heavy atom. The average molecular weight is 196 g/mol. The molecule has 0 N–H and O–H groups in total. The van der Waals surface area contributed by atoms with Gasteiger partial charge in [0.05, 0.1) is 6.54 Å². The highest BCUT2D eigenvalue weighted by Gasteiger charge is 2.34. The fourth-order valence-electron chi connectivity index (χ4n) is 1.63. The summed E-state index contributed by atoms with van der Waals surface area (Å²) in [6, 6.07) is 0.280. The van der Waals surface area contributed by atoms with E-state index in [1.165, 1.54) is 4.90 Å². The highest BCUT2D eigenvalue weighted by Crippen LogP contribution is 2.21. The van der Waals surface area contributed by atoms with Gasteiger partial charge < -0.3 is 4.90 Å². The number of halogens is 3. The van der Waals surface area contributed by atoms with Gasteiger partial charge in [0.25, 0.3) is 0 Å². The third kappa shape index (κ3) is 3.52. The predicted octanol–water partition coefficient (Wildman–Crippen LogP) is 1.18. The van der Waals surface area contributed by atoms with Crippen LogP contribution in [0.15, 0.2) is 0 Å². The van der Waals surface area contributed by atoms with Gasteiger partial charge in [-0.05, 0) is 20.5 Å². The van der Waals surface area contributed by atoms with E-state index < -0.39 is 12.7 Å². The van der Waals surface area contributed by atoms with Gasteiger partial charge in [-0.15, -0.1) is 0 Å². The fraction of sp³-hybridized carbons (Fsp3) is 1.00. The van der Waals surface area contributed by atoms with Gasteiger partial charge in [-0.3, -0.25) is 4.90 Å². The molecule has 0 amide bonds. The predicted molar refractivity (Wildman–Crippen MR) is 44.6 cm³/mol. The van der Waals surface area contributed by atoms with E-state index in [0.29, 0.717) is 13.1 Å². The van der Waals surface area contributed by atoms with Crippen molar-refractivity contribution in [2.24, 2.45) is 0 Å². The molecule has 0 saturated carbocycles. The molecule has 1 aliphatic heterocycles. The second-order valence-corrected chi connectivity index (χ2v) is 3.76. The monoisotopic (exact) mass is 196 g/mol. The summed E-state index contributed by atoms with van der Waals surface area (Å²) >= 11 is 0. The zero-order chi connectivity index (χ0) is 10.1. The molecular formula is C8H15F3N2. The Balaban J connectivity index is 2.33. The minimum atomic E-state index is -4.05. The molecule has 1 saturated heterocycles. The van der Waals surface area contributed by atoms with E-state index in [1.54, 1.807) is 0 Å². The lowest BCUT2D eigenvalue weighted by Crippen LogP contribution is -2.36. The topological polar surface area (TPSA) is 6.48 Å². The third-order valence-corrected chi connectivity index (χ3v) is 2.38. The third-order valence-electron chi connectivity index (χ3n) is 2.38. The van der Waals surface area contributed by atoms with Gasteiger partial charge in [0.1, 0.15) is 0 Å². The number of hydrogen-bond acceptors (Lipinski definition) is 2. The second kappa shape index (κ2) is 3.84. The van der Waals surface area contributed by atoms with Crippen molar-refractivity contribution in [3.05, 3.63) is 0 Å². The van der Waals surface area contributed by atoms with Crippen molar-refractivity contribution in [2.45, 2.75) is 18.6 Å². The Labute approximate surface area is 76.3 Å².